The zero-order chi connectivity index (χ0) is 22.4. The van der Waals surface area contributed by atoms with E-state index < -0.39 is 5.97 Å². The third kappa shape index (κ3) is 5.76. The molecule has 1 aliphatic carbocycles. The molecule has 7 nitrogen and oxygen atoms in total. The highest BCUT2D eigenvalue weighted by molar-refractivity contribution is 6.09. The molecule has 0 amide bonds. The molecule has 2 aliphatic rings. The average molecular weight is 431 g/mol. The minimum atomic E-state index is -0.410. The summed E-state index contributed by atoms with van der Waals surface area (Å²) in [4.78, 5) is 19.5. The minimum absolute atomic E-state index is 0.0595. The highest BCUT2D eigenvalue weighted by Gasteiger charge is 2.28. The summed E-state index contributed by atoms with van der Waals surface area (Å²) < 4.78 is 10.6. The second-order valence-corrected chi connectivity index (χ2v) is 9.10. The fraction of sp³-hybridized carbons (Fsp3) is 0.708. The lowest BCUT2D eigenvalue weighted by atomic mass is 9.85. The van der Waals surface area contributed by atoms with Gasteiger partial charge in [0.25, 0.3) is 0 Å². The quantitative estimate of drug-likeness (QED) is 0.424. The average Bonchev–Trinajstić information content (AvgIpc) is 2.72. The molecule has 0 atom stereocenters. The molecule has 0 radical (unpaired) electrons. The lowest BCUT2D eigenvalue weighted by molar-refractivity contribution is 0.0519. The van der Waals surface area contributed by atoms with Gasteiger partial charge in [-0.05, 0) is 56.4 Å². The Morgan fingerprint density at radius 2 is 1.97 bits per heavy atom. The Kier molecular flexibility index (Phi) is 8.29. The second-order valence-electron chi connectivity index (χ2n) is 9.10. The van der Waals surface area contributed by atoms with Gasteiger partial charge in [-0.15, -0.1) is 0 Å². The molecule has 7 heteroatoms. The van der Waals surface area contributed by atoms with E-state index in [2.05, 4.69) is 15.2 Å². The fourth-order valence-corrected chi connectivity index (χ4v) is 4.29. The van der Waals surface area contributed by atoms with Gasteiger partial charge in [0.15, 0.2) is 5.69 Å². The number of aromatic nitrogens is 1. The number of pyridine rings is 1. The SMILES string of the molecule is CCOC(=O)c1cc(N2CCC(COC)CC2)c(C(=N)C(C)C)c(NCC2CCC2)n1. The van der Waals surface area contributed by atoms with Gasteiger partial charge >= 0.3 is 5.97 Å². The first-order valence-corrected chi connectivity index (χ1v) is 11.7. The molecule has 2 heterocycles. The van der Waals surface area contributed by atoms with E-state index in [-0.39, 0.29) is 5.92 Å². The smallest absolute Gasteiger partial charge is 0.357 e. The first-order chi connectivity index (χ1) is 14.9. The van der Waals surface area contributed by atoms with Gasteiger partial charge in [-0.2, -0.15) is 0 Å². The van der Waals surface area contributed by atoms with Crippen LogP contribution in [0.5, 0.6) is 0 Å². The molecule has 0 unspecified atom stereocenters. The van der Waals surface area contributed by atoms with E-state index >= 15 is 0 Å². The van der Waals surface area contributed by atoms with Crippen molar-refractivity contribution in [1.29, 1.82) is 5.41 Å². The first-order valence-electron chi connectivity index (χ1n) is 11.7. The van der Waals surface area contributed by atoms with Crippen molar-refractivity contribution in [2.45, 2.75) is 52.9 Å². The van der Waals surface area contributed by atoms with Crippen LogP contribution < -0.4 is 10.2 Å². The number of hydrogen-bond donors (Lipinski definition) is 2. The monoisotopic (exact) mass is 430 g/mol. The molecule has 0 spiro atoms. The lowest BCUT2D eigenvalue weighted by Crippen LogP contribution is -2.36. The van der Waals surface area contributed by atoms with E-state index in [4.69, 9.17) is 14.9 Å². The zero-order valence-corrected chi connectivity index (χ0v) is 19.5. The zero-order valence-electron chi connectivity index (χ0n) is 19.5. The molecule has 1 aliphatic heterocycles. The molecule has 1 saturated carbocycles. The number of nitrogens with zero attached hydrogens (tertiary/aromatic N) is 2. The maximum absolute atomic E-state index is 12.6. The number of carbonyl (C=O) groups is 1. The van der Waals surface area contributed by atoms with E-state index in [0.717, 1.165) is 50.3 Å². The number of carbonyl (C=O) groups excluding carboxylic acids is 1. The number of anilines is 2. The Balaban J connectivity index is 1.98. The van der Waals surface area contributed by atoms with Crippen LogP contribution in [-0.4, -0.2) is 56.6 Å². The standard InChI is InChI=1S/C24H38N4O3/c1-5-31-24(29)19-13-20(28-11-9-18(10-12-28)15-30-4)21(22(25)16(2)3)23(27-19)26-14-17-7-6-8-17/h13,16-18,25H,5-12,14-15H2,1-4H3,(H,26,27). The fourth-order valence-electron chi connectivity index (χ4n) is 4.29. The van der Waals surface area contributed by atoms with Crippen molar-refractivity contribution in [3.8, 4) is 0 Å². The van der Waals surface area contributed by atoms with Gasteiger partial charge in [0, 0.05) is 39.1 Å². The third-order valence-corrected chi connectivity index (χ3v) is 6.47. The summed E-state index contributed by atoms with van der Waals surface area (Å²) in [6.07, 6.45) is 5.79. The van der Waals surface area contributed by atoms with Crippen LogP contribution >= 0.6 is 0 Å². The van der Waals surface area contributed by atoms with Gasteiger partial charge in [0.1, 0.15) is 5.82 Å². The molecule has 1 saturated heterocycles. The topological polar surface area (TPSA) is 87.5 Å². The highest BCUT2D eigenvalue weighted by Crippen LogP contribution is 2.34. The number of hydrogen-bond acceptors (Lipinski definition) is 7. The number of esters is 1. The Morgan fingerprint density at radius 1 is 1.26 bits per heavy atom. The van der Waals surface area contributed by atoms with Crippen molar-refractivity contribution >= 4 is 23.2 Å². The molecular formula is C24H38N4O3. The van der Waals surface area contributed by atoms with E-state index in [1.165, 1.54) is 19.3 Å². The van der Waals surface area contributed by atoms with E-state index in [1.54, 1.807) is 14.0 Å². The summed E-state index contributed by atoms with van der Waals surface area (Å²) in [5, 5.41) is 12.3. The van der Waals surface area contributed by atoms with Crippen LogP contribution in [0.2, 0.25) is 0 Å². The first kappa shape index (κ1) is 23.5. The van der Waals surface area contributed by atoms with Crippen molar-refractivity contribution in [1.82, 2.24) is 4.98 Å². The maximum atomic E-state index is 12.6. The molecule has 0 aromatic carbocycles. The van der Waals surface area contributed by atoms with Crippen molar-refractivity contribution in [3.05, 3.63) is 17.3 Å². The van der Waals surface area contributed by atoms with Gasteiger partial charge in [0.05, 0.1) is 17.9 Å². The van der Waals surface area contributed by atoms with E-state index in [1.807, 2.05) is 19.9 Å². The van der Waals surface area contributed by atoms with Gasteiger partial charge in [0.2, 0.25) is 0 Å². The third-order valence-electron chi connectivity index (χ3n) is 6.47. The van der Waals surface area contributed by atoms with E-state index in [9.17, 15) is 4.79 Å². The molecule has 3 rings (SSSR count). The van der Waals surface area contributed by atoms with Crippen molar-refractivity contribution in [2.24, 2.45) is 17.8 Å². The highest BCUT2D eigenvalue weighted by atomic mass is 16.5. The number of methoxy groups -OCH3 is 1. The Morgan fingerprint density at radius 3 is 2.52 bits per heavy atom. The van der Waals surface area contributed by atoms with Crippen molar-refractivity contribution in [2.75, 3.05) is 50.2 Å². The summed E-state index contributed by atoms with van der Waals surface area (Å²) in [5.41, 5.74) is 2.61. The van der Waals surface area contributed by atoms with Gasteiger partial charge in [-0.3, -0.25) is 0 Å². The molecule has 31 heavy (non-hydrogen) atoms. The molecule has 2 fully saturated rings. The molecular weight excluding hydrogens is 392 g/mol. The Bertz CT molecular complexity index is 768. The molecule has 1 aromatic heterocycles. The Hall–Kier alpha value is -2.15. The normalized spacial score (nSPS) is 17.5. The van der Waals surface area contributed by atoms with Crippen LogP contribution in [0.25, 0.3) is 0 Å². The number of nitrogens with one attached hydrogen (secondary N) is 2. The molecule has 1 aromatic rings. The summed E-state index contributed by atoms with van der Waals surface area (Å²) in [6.45, 7) is 9.54. The summed E-state index contributed by atoms with van der Waals surface area (Å²) >= 11 is 0. The van der Waals surface area contributed by atoms with Crippen LogP contribution in [0.15, 0.2) is 6.07 Å². The summed E-state index contributed by atoms with van der Waals surface area (Å²) in [5.74, 6) is 1.49. The largest absolute Gasteiger partial charge is 0.461 e. The summed E-state index contributed by atoms with van der Waals surface area (Å²) in [7, 11) is 1.75. The molecule has 2 N–H and O–H groups in total. The lowest BCUT2D eigenvalue weighted by Gasteiger charge is -2.35. The van der Waals surface area contributed by atoms with E-state index in [0.29, 0.717) is 35.7 Å². The van der Waals surface area contributed by atoms with Crippen LogP contribution in [-0.2, 0) is 9.47 Å². The van der Waals surface area contributed by atoms with Crippen LogP contribution in [0.4, 0.5) is 11.5 Å². The van der Waals surface area contributed by atoms with Gasteiger partial charge in [-0.25, -0.2) is 9.78 Å². The van der Waals surface area contributed by atoms with Crippen molar-refractivity contribution in [3.63, 3.8) is 0 Å². The van der Waals surface area contributed by atoms with Crippen LogP contribution in [0.3, 0.4) is 0 Å². The van der Waals surface area contributed by atoms with Crippen molar-refractivity contribution < 1.29 is 14.3 Å². The minimum Gasteiger partial charge on any atom is -0.461 e. The number of piperidine rings is 1. The van der Waals surface area contributed by atoms with Gasteiger partial charge in [-0.1, -0.05) is 20.3 Å². The van der Waals surface area contributed by atoms with Gasteiger partial charge < -0.3 is 25.1 Å². The molecule has 172 valence electrons. The summed E-state index contributed by atoms with van der Waals surface area (Å²) in [6, 6.07) is 1.83. The van der Waals surface area contributed by atoms with Crippen LogP contribution in [0.1, 0.15) is 68.9 Å². The molecule has 0 bridgehead atoms. The predicted octanol–water partition coefficient (Wildman–Crippen LogP) is 4.36. The second kappa shape index (κ2) is 10.9. The maximum Gasteiger partial charge on any atom is 0.357 e. The number of ether oxygens (including phenoxy) is 2. The predicted molar refractivity (Wildman–Crippen MR) is 125 cm³/mol. The Labute approximate surface area is 186 Å². The number of rotatable bonds is 10. The van der Waals surface area contributed by atoms with Crippen LogP contribution in [0, 0.1) is 23.2 Å².